The first kappa shape index (κ1) is 14.9. The summed E-state index contributed by atoms with van der Waals surface area (Å²) in [6, 6.07) is 6.35. The number of likely N-dealkylation sites (tertiary alicyclic amines) is 1. The summed E-state index contributed by atoms with van der Waals surface area (Å²) in [5, 5.41) is 9.02. The number of carbonyl (C=O) groups is 1. The van der Waals surface area contributed by atoms with Crippen LogP contribution in [0, 0.1) is 6.92 Å². The summed E-state index contributed by atoms with van der Waals surface area (Å²) >= 11 is 0. The van der Waals surface area contributed by atoms with Crippen molar-refractivity contribution >= 4 is 5.97 Å². The molecule has 1 fully saturated rings. The Labute approximate surface area is 120 Å². The maximum absolute atomic E-state index is 11.0. The molecule has 1 aliphatic heterocycles. The van der Waals surface area contributed by atoms with E-state index in [0.717, 1.165) is 43.7 Å². The Morgan fingerprint density at radius 3 is 2.90 bits per heavy atom. The number of nitrogens with zero attached hydrogens (tertiary/aromatic N) is 1. The van der Waals surface area contributed by atoms with Crippen molar-refractivity contribution in [3.63, 3.8) is 0 Å². The van der Waals surface area contributed by atoms with Crippen LogP contribution in [0.4, 0.5) is 0 Å². The minimum absolute atomic E-state index is 0.170. The fourth-order valence-electron chi connectivity index (χ4n) is 2.97. The lowest BCUT2D eigenvalue weighted by atomic mass is 9.98. The molecule has 0 saturated carbocycles. The van der Waals surface area contributed by atoms with Crippen molar-refractivity contribution in [1.82, 2.24) is 4.90 Å². The van der Waals surface area contributed by atoms with Crippen molar-refractivity contribution in [2.75, 3.05) is 13.7 Å². The first-order valence-corrected chi connectivity index (χ1v) is 7.19. The van der Waals surface area contributed by atoms with E-state index in [1.54, 1.807) is 7.11 Å². The summed E-state index contributed by atoms with van der Waals surface area (Å²) in [7, 11) is 1.68. The van der Waals surface area contributed by atoms with E-state index in [4.69, 9.17) is 9.84 Å². The minimum atomic E-state index is -0.701. The van der Waals surface area contributed by atoms with Gasteiger partial charge in [-0.25, -0.2) is 0 Å². The van der Waals surface area contributed by atoms with Crippen LogP contribution >= 0.6 is 0 Å². The van der Waals surface area contributed by atoms with Gasteiger partial charge in [0.2, 0.25) is 0 Å². The Morgan fingerprint density at radius 2 is 2.25 bits per heavy atom. The number of rotatable bonds is 5. The van der Waals surface area contributed by atoms with E-state index >= 15 is 0 Å². The fourth-order valence-corrected chi connectivity index (χ4v) is 2.97. The monoisotopic (exact) mass is 277 g/mol. The molecule has 0 amide bonds. The van der Waals surface area contributed by atoms with E-state index < -0.39 is 5.97 Å². The van der Waals surface area contributed by atoms with Crippen LogP contribution in [0.2, 0.25) is 0 Å². The van der Waals surface area contributed by atoms with Gasteiger partial charge in [0.25, 0.3) is 0 Å². The second kappa shape index (κ2) is 6.75. The highest BCUT2D eigenvalue weighted by atomic mass is 16.5. The van der Waals surface area contributed by atoms with E-state index in [0.29, 0.717) is 0 Å². The maximum atomic E-state index is 11.0. The van der Waals surface area contributed by atoms with Crippen LogP contribution in [-0.2, 0) is 11.3 Å². The molecule has 20 heavy (non-hydrogen) atoms. The number of ether oxygens (including phenoxy) is 1. The zero-order valence-electron chi connectivity index (χ0n) is 12.3. The van der Waals surface area contributed by atoms with Crippen LogP contribution < -0.4 is 4.74 Å². The number of hydrogen-bond donors (Lipinski definition) is 1. The zero-order chi connectivity index (χ0) is 14.5. The Balaban J connectivity index is 2.06. The van der Waals surface area contributed by atoms with Crippen LogP contribution in [-0.4, -0.2) is 35.7 Å². The predicted octanol–water partition coefficient (Wildman–Crippen LogP) is 2.83. The number of methoxy groups -OCH3 is 1. The van der Waals surface area contributed by atoms with Crippen molar-refractivity contribution in [1.29, 1.82) is 0 Å². The highest BCUT2D eigenvalue weighted by molar-refractivity contribution is 5.67. The molecule has 4 nitrogen and oxygen atoms in total. The number of piperidine rings is 1. The molecule has 2 rings (SSSR count). The average Bonchev–Trinajstić information content (AvgIpc) is 2.41. The van der Waals surface area contributed by atoms with Gasteiger partial charge in [0.05, 0.1) is 13.5 Å². The second-order valence-electron chi connectivity index (χ2n) is 5.52. The lowest BCUT2D eigenvalue weighted by Gasteiger charge is -2.35. The van der Waals surface area contributed by atoms with Gasteiger partial charge < -0.3 is 9.84 Å². The third-order valence-corrected chi connectivity index (χ3v) is 4.00. The average molecular weight is 277 g/mol. The van der Waals surface area contributed by atoms with Crippen LogP contribution in [0.25, 0.3) is 0 Å². The van der Waals surface area contributed by atoms with Crippen molar-refractivity contribution < 1.29 is 14.6 Å². The van der Waals surface area contributed by atoms with E-state index in [9.17, 15) is 4.79 Å². The van der Waals surface area contributed by atoms with Gasteiger partial charge in [0.15, 0.2) is 0 Å². The van der Waals surface area contributed by atoms with Gasteiger partial charge in [-0.1, -0.05) is 18.6 Å². The number of hydrogen-bond acceptors (Lipinski definition) is 3. The summed E-state index contributed by atoms with van der Waals surface area (Å²) in [5.41, 5.74) is 2.34. The molecule has 0 radical (unpaired) electrons. The molecule has 0 aromatic heterocycles. The molecule has 1 aromatic carbocycles. The lowest BCUT2D eigenvalue weighted by molar-refractivity contribution is -0.138. The summed E-state index contributed by atoms with van der Waals surface area (Å²) < 4.78 is 5.27. The number of aryl methyl sites for hydroxylation is 1. The molecule has 1 unspecified atom stereocenters. The molecule has 1 saturated heterocycles. The molecule has 1 atom stereocenters. The van der Waals surface area contributed by atoms with Gasteiger partial charge in [-0.05, 0) is 43.5 Å². The maximum Gasteiger partial charge on any atom is 0.304 e. The normalized spacial score (nSPS) is 19.8. The molecule has 1 aliphatic rings. The first-order chi connectivity index (χ1) is 9.60. The molecule has 0 bridgehead atoms. The smallest absolute Gasteiger partial charge is 0.304 e. The van der Waals surface area contributed by atoms with Crippen LogP contribution in [0.15, 0.2) is 18.2 Å². The molecular formula is C16H23NO3. The molecule has 0 aliphatic carbocycles. The third kappa shape index (κ3) is 3.73. The standard InChI is InChI=1S/C16H23NO3/c1-12-9-13(6-7-15(12)20-2)11-17-8-4-3-5-14(17)10-16(18)19/h6-7,9,14H,3-5,8,10-11H2,1-2H3,(H,18,19). The van der Waals surface area contributed by atoms with Crippen molar-refractivity contribution in [2.24, 2.45) is 0 Å². The largest absolute Gasteiger partial charge is 0.496 e. The quantitative estimate of drug-likeness (QED) is 0.899. The predicted molar refractivity (Wildman–Crippen MR) is 78.0 cm³/mol. The van der Waals surface area contributed by atoms with E-state index in [1.807, 2.05) is 13.0 Å². The SMILES string of the molecule is COc1ccc(CN2CCCCC2CC(=O)O)cc1C. The zero-order valence-corrected chi connectivity index (χ0v) is 12.3. The number of benzene rings is 1. The summed E-state index contributed by atoms with van der Waals surface area (Å²) in [5.74, 6) is 0.197. The Kier molecular flexibility index (Phi) is 5.01. The van der Waals surface area contributed by atoms with Crippen molar-refractivity contribution in [3.05, 3.63) is 29.3 Å². The highest BCUT2D eigenvalue weighted by Crippen LogP contribution is 2.24. The molecule has 110 valence electrons. The molecule has 1 N–H and O–H groups in total. The van der Waals surface area contributed by atoms with Crippen LogP contribution in [0.3, 0.4) is 0 Å². The topological polar surface area (TPSA) is 49.8 Å². The van der Waals surface area contributed by atoms with Crippen molar-refractivity contribution in [2.45, 2.75) is 45.2 Å². The lowest BCUT2D eigenvalue weighted by Crippen LogP contribution is -2.40. The van der Waals surface area contributed by atoms with E-state index in [-0.39, 0.29) is 12.5 Å². The Bertz CT molecular complexity index is 473. The number of carboxylic acid groups (broad SMARTS) is 1. The second-order valence-corrected chi connectivity index (χ2v) is 5.52. The third-order valence-electron chi connectivity index (χ3n) is 4.00. The molecule has 1 aromatic rings. The molecule has 4 heteroatoms. The Hall–Kier alpha value is -1.55. The molecule has 1 heterocycles. The minimum Gasteiger partial charge on any atom is -0.496 e. The van der Waals surface area contributed by atoms with Gasteiger partial charge in [0, 0.05) is 12.6 Å². The summed E-state index contributed by atoms with van der Waals surface area (Å²) in [6.07, 6.45) is 3.53. The number of carboxylic acids is 1. The first-order valence-electron chi connectivity index (χ1n) is 7.19. The summed E-state index contributed by atoms with van der Waals surface area (Å²) in [4.78, 5) is 13.3. The van der Waals surface area contributed by atoms with Gasteiger partial charge >= 0.3 is 5.97 Å². The van der Waals surface area contributed by atoms with Crippen molar-refractivity contribution in [3.8, 4) is 5.75 Å². The molecule has 0 spiro atoms. The van der Waals surface area contributed by atoms with Gasteiger partial charge in [-0.15, -0.1) is 0 Å². The Morgan fingerprint density at radius 1 is 1.45 bits per heavy atom. The van der Waals surface area contributed by atoms with E-state index in [2.05, 4.69) is 17.0 Å². The van der Waals surface area contributed by atoms with Gasteiger partial charge in [-0.2, -0.15) is 0 Å². The van der Waals surface area contributed by atoms with Gasteiger partial charge in [-0.3, -0.25) is 9.69 Å². The van der Waals surface area contributed by atoms with Crippen LogP contribution in [0.1, 0.15) is 36.8 Å². The van der Waals surface area contributed by atoms with E-state index in [1.165, 1.54) is 5.56 Å². The highest BCUT2D eigenvalue weighted by Gasteiger charge is 2.24. The fraction of sp³-hybridized carbons (Fsp3) is 0.562. The van der Waals surface area contributed by atoms with Crippen LogP contribution in [0.5, 0.6) is 5.75 Å². The summed E-state index contributed by atoms with van der Waals surface area (Å²) in [6.45, 7) is 3.85. The molecular weight excluding hydrogens is 254 g/mol. The van der Waals surface area contributed by atoms with Gasteiger partial charge in [0.1, 0.15) is 5.75 Å². The number of aliphatic carboxylic acids is 1.